The Kier molecular flexibility index (Phi) is 6.25. The number of amides is 1. The van der Waals surface area contributed by atoms with Gasteiger partial charge in [0.1, 0.15) is 5.75 Å². The van der Waals surface area contributed by atoms with Crippen LogP contribution in [0.25, 0.3) is 10.9 Å². The minimum atomic E-state index is -0.815. The van der Waals surface area contributed by atoms with Gasteiger partial charge < -0.3 is 19.2 Å². The lowest BCUT2D eigenvalue weighted by atomic mass is 9.88. The van der Waals surface area contributed by atoms with Crippen molar-refractivity contribution in [3.05, 3.63) is 41.6 Å². The van der Waals surface area contributed by atoms with E-state index in [4.69, 9.17) is 14.2 Å². The van der Waals surface area contributed by atoms with Gasteiger partial charge in [0.15, 0.2) is 11.3 Å². The molecule has 1 amide bonds. The predicted octanol–water partition coefficient (Wildman–Crippen LogP) is 6.35. The second-order valence-electron chi connectivity index (χ2n) is 10.4. The molecular weight excluding hydrogens is 416 g/mol. The number of H-pyrrole nitrogens is 1. The standard InChI is InChI=1S/C27H38N2O4/c1-19(2)9-7-13-25(3)14-8-15-26(4)27(5,33-25)29(24(30)32-26)16-12-20-18-28-23-11-10-21(31-6)17-22(20)23/h9-11,17-18,28H,7-8,12-16H2,1-6H3/t25-,26-,27+/m0/s1. The SMILES string of the molecule is COc1ccc2[nH]cc(CCN3C(=O)O[C@@]4(C)CCC[C@](C)(CCC=C(C)C)O[C@@]34C)c2c1. The number of nitrogens with one attached hydrogen (secondary N) is 1. The molecule has 0 unspecified atom stereocenters. The van der Waals surface area contributed by atoms with Gasteiger partial charge in [-0.3, -0.25) is 4.90 Å². The lowest BCUT2D eigenvalue weighted by molar-refractivity contribution is -0.229. The highest BCUT2D eigenvalue weighted by atomic mass is 16.6. The highest BCUT2D eigenvalue weighted by Crippen LogP contribution is 2.49. The molecule has 2 aromatic rings. The van der Waals surface area contributed by atoms with Gasteiger partial charge >= 0.3 is 6.09 Å². The van der Waals surface area contributed by atoms with Crippen LogP contribution in [0.2, 0.25) is 0 Å². The topological polar surface area (TPSA) is 63.8 Å². The van der Waals surface area contributed by atoms with E-state index >= 15 is 0 Å². The Morgan fingerprint density at radius 2 is 2.03 bits per heavy atom. The first-order valence-corrected chi connectivity index (χ1v) is 12.1. The zero-order valence-corrected chi connectivity index (χ0v) is 20.9. The Bertz CT molecular complexity index is 1060. The molecule has 2 aliphatic rings. The third kappa shape index (κ3) is 4.37. The molecule has 4 rings (SSSR count). The Balaban J connectivity index is 1.57. The summed E-state index contributed by atoms with van der Waals surface area (Å²) in [5.41, 5.74) is 1.74. The number of carbonyl (C=O) groups is 1. The third-order valence-corrected chi connectivity index (χ3v) is 7.64. The Labute approximate surface area is 197 Å². The molecular formula is C27H38N2O4. The van der Waals surface area contributed by atoms with Crippen molar-refractivity contribution in [1.82, 2.24) is 9.88 Å². The number of hydrogen-bond acceptors (Lipinski definition) is 4. The summed E-state index contributed by atoms with van der Waals surface area (Å²) in [5, 5.41) is 1.11. The number of nitrogens with zero attached hydrogens (tertiary/aromatic N) is 1. The van der Waals surface area contributed by atoms with E-state index in [9.17, 15) is 4.79 Å². The quantitative estimate of drug-likeness (QED) is 0.495. The number of methoxy groups -OCH3 is 1. The fraction of sp³-hybridized carbons (Fsp3) is 0.593. The van der Waals surface area contributed by atoms with Gasteiger partial charge in [0, 0.05) is 23.6 Å². The van der Waals surface area contributed by atoms with Crippen molar-refractivity contribution in [2.45, 2.75) is 90.1 Å². The minimum Gasteiger partial charge on any atom is -0.497 e. The molecule has 3 heterocycles. The molecule has 1 aromatic heterocycles. The maximum Gasteiger partial charge on any atom is 0.412 e. The smallest absolute Gasteiger partial charge is 0.412 e. The Morgan fingerprint density at radius 3 is 2.76 bits per heavy atom. The van der Waals surface area contributed by atoms with Crippen molar-refractivity contribution in [2.24, 2.45) is 0 Å². The second kappa shape index (κ2) is 8.71. The number of carbonyl (C=O) groups excluding carboxylic acids is 1. The number of hydrogen-bond donors (Lipinski definition) is 1. The first-order chi connectivity index (χ1) is 15.6. The largest absolute Gasteiger partial charge is 0.497 e. The molecule has 6 heteroatoms. The molecule has 3 atom stereocenters. The third-order valence-electron chi connectivity index (χ3n) is 7.64. The van der Waals surface area contributed by atoms with Gasteiger partial charge in [0.2, 0.25) is 0 Å². The summed E-state index contributed by atoms with van der Waals surface area (Å²) in [6.07, 6.45) is 9.32. The van der Waals surface area contributed by atoms with Crippen LogP contribution in [0.5, 0.6) is 5.75 Å². The maximum atomic E-state index is 13.1. The number of aromatic amines is 1. The number of rotatable bonds is 7. The lowest BCUT2D eigenvalue weighted by Crippen LogP contribution is -2.59. The molecule has 1 aromatic carbocycles. The van der Waals surface area contributed by atoms with E-state index in [1.807, 2.05) is 43.1 Å². The summed E-state index contributed by atoms with van der Waals surface area (Å²) < 4.78 is 18.3. The highest BCUT2D eigenvalue weighted by molar-refractivity contribution is 5.84. The first-order valence-electron chi connectivity index (χ1n) is 12.1. The van der Waals surface area contributed by atoms with Crippen molar-refractivity contribution in [1.29, 1.82) is 0 Å². The number of fused-ring (bicyclic) bond motifs is 2. The number of benzene rings is 1. The van der Waals surface area contributed by atoms with Crippen LogP contribution >= 0.6 is 0 Å². The molecule has 6 nitrogen and oxygen atoms in total. The molecule has 0 saturated carbocycles. The second-order valence-corrected chi connectivity index (χ2v) is 10.4. The molecule has 180 valence electrons. The van der Waals surface area contributed by atoms with Gasteiger partial charge in [-0.05, 0) is 96.9 Å². The highest BCUT2D eigenvalue weighted by Gasteiger charge is 2.63. The first kappa shape index (κ1) is 23.7. The number of allylic oxidation sites excluding steroid dienone is 2. The summed E-state index contributed by atoms with van der Waals surface area (Å²) in [6.45, 7) is 11.0. The molecule has 0 spiro atoms. The summed E-state index contributed by atoms with van der Waals surface area (Å²) in [5.74, 6) is 0.822. The average Bonchev–Trinajstić information content (AvgIpc) is 3.18. The molecule has 0 bridgehead atoms. The van der Waals surface area contributed by atoms with Crippen LogP contribution in [0.1, 0.15) is 72.3 Å². The summed E-state index contributed by atoms with van der Waals surface area (Å²) in [4.78, 5) is 18.2. The van der Waals surface area contributed by atoms with Crippen molar-refractivity contribution < 1.29 is 19.0 Å². The van der Waals surface area contributed by atoms with E-state index in [0.717, 1.165) is 54.3 Å². The van der Waals surface area contributed by atoms with E-state index in [2.05, 4.69) is 31.8 Å². The number of aromatic nitrogens is 1. The molecule has 2 fully saturated rings. The maximum absolute atomic E-state index is 13.1. The van der Waals surface area contributed by atoms with Crippen molar-refractivity contribution in [2.75, 3.05) is 13.7 Å². The Hall–Kier alpha value is -2.47. The summed E-state index contributed by atoms with van der Waals surface area (Å²) in [6, 6.07) is 6.01. The zero-order chi connectivity index (χ0) is 23.9. The van der Waals surface area contributed by atoms with Crippen LogP contribution in [0.4, 0.5) is 4.79 Å². The van der Waals surface area contributed by atoms with E-state index in [1.54, 1.807) is 7.11 Å². The average molecular weight is 455 g/mol. The molecule has 2 saturated heterocycles. The van der Waals surface area contributed by atoms with Crippen LogP contribution in [0.3, 0.4) is 0 Å². The van der Waals surface area contributed by atoms with Crippen LogP contribution in [0, 0.1) is 0 Å². The van der Waals surface area contributed by atoms with Gasteiger partial charge in [-0.2, -0.15) is 0 Å². The van der Waals surface area contributed by atoms with E-state index in [0.29, 0.717) is 13.0 Å². The predicted molar refractivity (Wildman–Crippen MR) is 131 cm³/mol. The summed E-state index contributed by atoms with van der Waals surface area (Å²) in [7, 11) is 1.67. The van der Waals surface area contributed by atoms with Crippen molar-refractivity contribution in [3.8, 4) is 5.75 Å². The van der Waals surface area contributed by atoms with Gasteiger partial charge in [-0.1, -0.05) is 11.6 Å². The lowest BCUT2D eigenvalue weighted by Gasteiger charge is -2.45. The van der Waals surface area contributed by atoms with Crippen molar-refractivity contribution >= 4 is 17.0 Å². The molecule has 2 aliphatic heterocycles. The molecule has 1 N–H and O–H groups in total. The Morgan fingerprint density at radius 1 is 1.24 bits per heavy atom. The fourth-order valence-electron chi connectivity index (χ4n) is 5.45. The molecule has 33 heavy (non-hydrogen) atoms. The molecule has 0 aliphatic carbocycles. The minimum absolute atomic E-state index is 0.286. The van der Waals surface area contributed by atoms with Gasteiger partial charge in [-0.15, -0.1) is 0 Å². The monoisotopic (exact) mass is 454 g/mol. The van der Waals surface area contributed by atoms with Crippen LogP contribution < -0.4 is 4.74 Å². The van der Waals surface area contributed by atoms with Crippen LogP contribution in [0.15, 0.2) is 36.0 Å². The van der Waals surface area contributed by atoms with E-state index in [1.165, 1.54) is 5.57 Å². The summed E-state index contributed by atoms with van der Waals surface area (Å²) >= 11 is 0. The van der Waals surface area contributed by atoms with Gasteiger partial charge in [-0.25, -0.2) is 4.79 Å². The van der Waals surface area contributed by atoms with Crippen molar-refractivity contribution in [3.63, 3.8) is 0 Å². The van der Waals surface area contributed by atoms with Gasteiger partial charge in [0.05, 0.1) is 12.7 Å². The van der Waals surface area contributed by atoms with E-state index < -0.39 is 11.3 Å². The van der Waals surface area contributed by atoms with Gasteiger partial charge in [0.25, 0.3) is 0 Å². The zero-order valence-electron chi connectivity index (χ0n) is 20.9. The molecule has 0 radical (unpaired) electrons. The number of ether oxygens (including phenoxy) is 3. The fourth-order valence-corrected chi connectivity index (χ4v) is 5.45. The van der Waals surface area contributed by atoms with E-state index in [-0.39, 0.29) is 11.7 Å². The van der Waals surface area contributed by atoms with Crippen LogP contribution in [-0.4, -0.2) is 46.6 Å². The van der Waals surface area contributed by atoms with Crippen LogP contribution in [-0.2, 0) is 15.9 Å². The normalized spacial score (nSPS) is 29.5.